The molecular weight excluding hydrogens is 376 g/mol. The highest BCUT2D eigenvalue weighted by Gasteiger charge is 2.79. The smallest absolute Gasteiger partial charge is 0.166 e. The molecule has 6 atom stereocenters. The van der Waals surface area contributed by atoms with Crippen LogP contribution in [0.5, 0.6) is 11.5 Å². The van der Waals surface area contributed by atoms with Crippen LogP contribution in [0.1, 0.15) is 36.8 Å². The van der Waals surface area contributed by atoms with E-state index in [0.717, 1.165) is 43.2 Å². The number of hydrogen-bond donors (Lipinski definition) is 1. The Bertz CT molecular complexity index is 958. The van der Waals surface area contributed by atoms with Crippen LogP contribution in [-0.4, -0.2) is 56.5 Å². The van der Waals surface area contributed by atoms with Crippen LogP contribution in [0, 0.1) is 17.3 Å². The van der Waals surface area contributed by atoms with Crippen LogP contribution >= 0.6 is 0 Å². The lowest BCUT2D eigenvalue weighted by Crippen LogP contribution is -2.79. The molecule has 2 N–H and O–H groups in total. The van der Waals surface area contributed by atoms with E-state index in [2.05, 4.69) is 29.2 Å². The standard InChI is InChI=1S/C25H32N2O3/c1-28-18-6-5-16-11-19-23-7-8-25(29-2,17(12-23)13-26)22-24(23,20(16)21(18)30-22)9-10-27(19)14-15-3-4-15/h5-8,15,17,19,22H,3-4,9-14,26H2,1-2H3/t17-,19+,22+,23+,24-,25+/m0/s1. The maximum absolute atomic E-state index is 6.91. The van der Waals surface area contributed by atoms with Crippen molar-refractivity contribution < 1.29 is 14.2 Å². The van der Waals surface area contributed by atoms with Gasteiger partial charge in [0.1, 0.15) is 11.7 Å². The average molecular weight is 409 g/mol. The predicted molar refractivity (Wildman–Crippen MR) is 114 cm³/mol. The molecule has 160 valence electrons. The van der Waals surface area contributed by atoms with Gasteiger partial charge in [0, 0.05) is 36.6 Å². The van der Waals surface area contributed by atoms with Gasteiger partial charge in [-0.15, -0.1) is 0 Å². The number of benzene rings is 1. The van der Waals surface area contributed by atoms with Gasteiger partial charge in [-0.25, -0.2) is 0 Å². The quantitative estimate of drug-likeness (QED) is 0.759. The molecule has 0 radical (unpaired) electrons. The molecule has 5 heteroatoms. The van der Waals surface area contributed by atoms with E-state index in [9.17, 15) is 0 Å². The topological polar surface area (TPSA) is 57.0 Å². The molecule has 1 aromatic carbocycles. The Morgan fingerprint density at radius 2 is 2.10 bits per heavy atom. The Morgan fingerprint density at radius 3 is 2.83 bits per heavy atom. The summed E-state index contributed by atoms with van der Waals surface area (Å²) in [6.07, 6.45) is 11.0. The first-order valence-corrected chi connectivity index (χ1v) is 11.7. The number of methoxy groups -OCH3 is 2. The van der Waals surface area contributed by atoms with Gasteiger partial charge in [-0.2, -0.15) is 0 Å². The number of ether oxygens (including phenoxy) is 3. The zero-order valence-electron chi connectivity index (χ0n) is 18.0. The number of nitrogens with zero attached hydrogens (tertiary/aromatic N) is 1. The second-order valence-corrected chi connectivity index (χ2v) is 10.6. The van der Waals surface area contributed by atoms with E-state index < -0.39 is 5.60 Å². The van der Waals surface area contributed by atoms with Gasteiger partial charge in [0.25, 0.3) is 0 Å². The number of hydrogen-bond acceptors (Lipinski definition) is 5. The number of fused-ring (bicyclic) bond motifs is 1. The third-order valence-corrected chi connectivity index (χ3v) is 9.73. The van der Waals surface area contributed by atoms with Crippen molar-refractivity contribution in [2.75, 3.05) is 33.9 Å². The molecule has 0 amide bonds. The van der Waals surface area contributed by atoms with Gasteiger partial charge in [0.05, 0.1) is 12.5 Å². The van der Waals surface area contributed by atoms with Crippen molar-refractivity contribution in [1.82, 2.24) is 4.90 Å². The Kier molecular flexibility index (Phi) is 3.38. The molecule has 2 aliphatic heterocycles. The fourth-order valence-corrected chi connectivity index (χ4v) is 8.34. The molecule has 1 aromatic rings. The lowest BCUT2D eigenvalue weighted by Gasteiger charge is -2.71. The zero-order valence-corrected chi connectivity index (χ0v) is 18.0. The summed E-state index contributed by atoms with van der Waals surface area (Å²) in [6, 6.07) is 4.93. The lowest BCUT2D eigenvalue weighted by molar-refractivity contribution is -0.214. The molecule has 3 fully saturated rings. The summed E-state index contributed by atoms with van der Waals surface area (Å²) >= 11 is 0. The first-order chi connectivity index (χ1) is 14.6. The summed E-state index contributed by atoms with van der Waals surface area (Å²) in [5.41, 5.74) is 8.85. The van der Waals surface area contributed by atoms with Crippen molar-refractivity contribution in [2.24, 2.45) is 23.0 Å². The van der Waals surface area contributed by atoms with Crippen molar-refractivity contribution in [3.8, 4) is 11.5 Å². The van der Waals surface area contributed by atoms with Crippen molar-refractivity contribution in [3.63, 3.8) is 0 Å². The zero-order chi connectivity index (χ0) is 20.3. The van der Waals surface area contributed by atoms with Crippen molar-refractivity contribution >= 4 is 0 Å². The van der Waals surface area contributed by atoms with Crippen molar-refractivity contribution in [3.05, 3.63) is 35.4 Å². The summed E-state index contributed by atoms with van der Waals surface area (Å²) in [5.74, 6) is 3.01. The van der Waals surface area contributed by atoms with Crippen LogP contribution in [0.3, 0.4) is 0 Å². The van der Waals surface area contributed by atoms with E-state index in [4.69, 9.17) is 19.9 Å². The van der Waals surface area contributed by atoms with Crippen LogP contribution in [0.4, 0.5) is 0 Å². The van der Waals surface area contributed by atoms with Crippen LogP contribution in [0.15, 0.2) is 24.3 Å². The van der Waals surface area contributed by atoms with E-state index in [-0.39, 0.29) is 22.9 Å². The summed E-state index contributed by atoms with van der Waals surface area (Å²) < 4.78 is 19.0. The lowest BCUT2D eigenvalue weighted by atomic mass is 9.37. The average Bonchev–Trinajstić information content (AvgIpc) is 3.52. The van der Waals surface area contributed by atoms with E-state index in [1.165, 1.54) is 30.5 Å². The maximum Gasteiger partial charge on any atom is 0.166 e. The normalized spacial score (nSPS) is 44.7. The minimum absolute atomic E-state index is 0.0294. The van der Waals surface area contributed by atoms with Gasteiger partial charge < -0.3 is 19.9 Å². The second kappa shape index (κ2) is 5.62. The molecule has 1 saturated heterocycles. The molecule has 30 heavy (non-hydrogen) atoms. The van der Waals surface area contributed by atoms with Crippen LogP contribution in [0.25, 0.3) is 0 Å². The Balaban J connectivity index is 1.50. The minimum Gasteiger partial charge on any atom is -0.493 e. The second-order valence-electron chi connectivity index (χ2n) is 10.6. The maximum atomic E-state index is 6.91. The van der Waals surface area contributed by atoms with Gasteiger partial charge in [-0.3, -0.25) is 4.90 Å². The van der Waals surface area contributed by atoms with E-state index in [1.807, 2.05) is 7.11 Å². The van der Waals surface area contributed by atoms with E-state index >= 15 is 0 Å². The highest BCUT2D eigenvalue weighted by molar-refractivity contribution is 5.65. The molecule has 0 aromatic heterocycles. The van der Waals surface area contributed by atoms with Crippen molar-refractivity contribution in [1.29, 1.82) is 0 Å². The largest absolute Gasteiger partial charge is 0.493 e. The molecule has 2 spiro atoms. The number of rotatable bonds is 5. The number of nitrogens with two attached hydrogens (primary N) is 1. The van der Waals surface area contributed by atoms with Gasteiger partial charge in [-0.05, 0) is 62.7 Å². The molecule has 2 saturated carbocycles. The summed E-state index contributed by atoms with van der Waals surface area (Å²) in [6.45, 7) is 3.04. The van der Waals surface area contributed by atoms with Gasteiger partial charge in [0.2, 0.25) is 0 Å². The van der Waals surface area contributed by atoms with E-state index in [0.29, 0.717) is 12.6 Å². The molecule has 5 aliphatic carbocycles. The first-order valence-electron chi connectivity index (χ1n) is 11.7. The Morgan fingerprint density at radius 1 is 1.23 bits per heavy atom. The summed E-state index contributed by atoms with van der Waals surface area (Å²) in [7, 11) is 3.59. The molecule has 8 rings (SSSR count). The van der Waals surface area contributed by atoms with Crippen molar-refractivity contribution in [2.45, 2.75) is 55.3 Å². The molecule has 5 nitrogen and oxygen atoms in total. The third-order valence-electron chi connectivity index (χ3n) is 9.73. The van der Waals surface area contributed by atoms with Crippen LogP contribution in [-0.2, 0) is 16.6 Å². The fourth-order valence-electron chi connectivity index (χ4n) is 8.34. The highest BCUT2D eigenvalue weighted by Crippen LogP contribution is 2.74. The monoisotopic (exact) mass is 408 g/mol. The van der Waals surface area contributed by atoms with Crippen LogP contribution < -0.4 is 15.2 Å². The number of likely N-dealkylation sites (tertiary alicyclic amines) is 1. The molecule has 0 unspecified atom stereocenters. The third kappa shape index (κ3) is 1.77. The minimum atomic E-state index is -0.460. The highest BCUT2D eigenvalue weighted by atomic mass is 16.6. The Hall–Kier alpha value is -1.56. The fraction of sp³-hybridized carbons (Fsp3) is 0.680. The molecular formula is C25H32N2O3. The van der Waals surface area contributed by atoms with Gasteiger partial charge in [0.15, 0.2) is 11.5 Å². The van der Waals surface area contributed by atoms with Gasteiger partial charge in [-0.1, -0.05) is 18.2 Å². The number of piperidine rings is 1. The van der Waals surface area contributed by atoms with E-state index in [1.54, 1.807) is 7.11 Å². The van der Waals surface area contributed by atoms with Gasteiger partial charge >= 0.3 is 0 Å². The Labute approximate surface area is 178 Å². The van der Waals surface area contributed by atoms with Crippen LogP contribution in [0.2, 0.25) is 0 Å². The predicted octanol–water partition coefficient (Wildman–Crippen LogP) is 2.65. The molecule has 4 bridgehead atoms. The summed E-state index contributed by atoms with van der Waals surface area (Å²) in [4.78, 5) is 2.83. The summed E-state index contributed by atoms with van der Waals surface area (Å²) in [5, 5.41) is 0. The molecule has 7 aliphatic rings. The molecule has 2 heterocycles. The first kappa shape index (κ1) is 18.1. The SMILES string of the molecule is COc1ccc2c3c1O[C@H]1[C@@]4(OC)C=C[C@@]5(C[C@H]4CN)[C@@H](C2)N(CC2CC2)CC[C@]315.